The zero-order valence-electron chi connectivity index (χ0n) is 17.3. The first kappa shape index (κ1) is 21.3. The van der Waals surface area contributed by atoms with Crippen LogP contribution in [0.5, 0.6) is 5.75 Å². The van der Waals surface area contributed by atoms with Crippen molar-refractivity contribution in [2.24, 2.45) is 5.92 Å². The zero-order valence-corrected chi connectivity index (χ0v) is 17.3. The van der Waals surface area contributed by atoms with Gasteiger partial charge in [-0.05, 0) is 62.2 Å². The van der Waals surface area contributed by atoms with Crippen LogP contribution in [-0.2, 0) is 9.53 Å². The molecular formula is C25H23FO4. The molecule has 2 aromatic rings. The number of hydrogen-bond donors (Lipinski definition) is 0. The lowest BCUT2D eigenvalue weighted by Crippen LogP contribution is -2.23. The number of carbonyl (C=O) groups excluding carboxylic acids is 2. The molecule has 0 radical (unpaired) electrons. The molecule has 154 valence electrons. The minimum absolute atomic E-state index is 0.0816. The topological polar surface area (TPSA) is 52.6 Å². The maximum atomic E-state index is 13.2. The van der Waals surface area contributed by atoms with Crippen LogP contribution in [-0.4, -0.2) is 18.9 Å². The molecule has 0 bridgehead atoms. The van der Waals surface area contributed by atoms with Crippen LogP contribution >= 0.6 is 0 Å². The van der Waals surface area contributed by atoms with Crippen LogP contribution in [0.4, 0.5) is 4.39 Å². The molecule has 0 amide bonds. The van der Waals surface area contributed by atoms with Crippen LogP contribution < -0.4 is 4.74 Å². The van der Waals surface area contributed by atoms with Gasteiger partial charge in [0.15, 0.2) is 5.78 Å². The van der Waals surface area contributed by atoms with Crippen molar-refractivity contribution in [1.82, 2.24) is 0 Å². The van der Waals surface area contributed by atoms with Crippen LogP contribution in [0.15, 0.2) is 48.2 Å². The van der Waals surface area contributed by atoms with Crippen molar-refractivity contribution in [2.75, 3.05) is 7.11 Å². The summed E-state index contributed by atoms with van der Waals surface area (Å²) in [4.78, 5) is 25.6. The van der Waals surface area contributed by atoms with Crippen LogP contribution in [0.25, 0.3) is 5.57 Å². The highest BCUT2D eigenvalue weighted by molar-refractivity contribution is 6.23. The first-order chi connectivity index (χ1) is 14.5. The number of hydrogen-bond acceptors (Lipinski definition) is 4. The maximum Gasteiger partial charge on any atom is 0.343 e. The van der Waals surface area contributed by atoms with Gasteiger partial charge in [-0.25, -0.2) is 9.18 Å². The van der Waals surface area contributed by atoms with Crippen molar-refractivity contribution in [3.05, 3.63) is 70.7 Å². The number of carbonyl (C=O) groups is 2. The lowest BCUT2D eigenvalue weighted by Gasteiger charge is -2.27. The van der Waals surface area contributed by atoms with E-state index in [1.807, 2.05) is 13.0 Å². The number of allylic oxidation sites excluding steroid dienone is 2. The fourth-order valence-electron chi connectivity index (χ4n) is 3.57. The van der Waals surface area contributed by atoms with E-state index in [0.717, 1.165) is 5.56 Å². The molecule has 0 N–H and O–H groups in total. The minimum atomic E-state index is -0.622. The van der Waals surface area contributed by atoms with Crippen LogP contribution in [0.1, 0.15) is 54.6 Å². The Morgan fingerprint density at radius 3 is 2.57 bits per heavy atom. The number of methoxy groups -OCH3 is 1. The van der Waals surface area contributed by atoms with Crippen molar-refractivity contribution in [3.8, 4) is 17.6 Å². The normalized spacial score (nSPS) is 16.0. The van der Waals surface area contributed by atoms with Gasteiger partial charge in [0.2, 0.25) is 0 Å². The predicted octanol–water partition coefficient (Wildman–Crippen LogP) is 5.16. The Hall–Kier alpha value is -3.39. The Morgan fingerprint density at radius 1 is 1.20 bits per heavy atom. The van der Waals surface area contributed by atoms with Gasteiger partial charge in [0, 0.05) is 23.5 Å². The summed E-state index contributed by atoms with van der Waals surface area (Å²) in [6.07, 6.45) is 1.68. The van der Waals surface area contributed by atoms with Crippen LogP contribution in [0, 0.1) is 23.6 Å². The number of benzene rings is 2. The second-order valence-electron chi connectivity index (χ2n) is 6.99. The van der Waals surface area contributed by atoms with Gasteiger partial charge >= 0.3 is 5.97 Å². The Bertz CT molecular complexity index is 1050. The number of Topliss-reactive ketones (excluding diaryl/α,β-unsaturated/α-hetero) is 1. The first-order valence-electron chi connectivity index (χ1n) is 9.84. The molecule has 5 heteroatoms. The summed E-state index contributed by atoms with van der Waals surface area (Å²) in [5.74, 6) is 5.39. The molecule has 1 atom stereocenters. The van der Waals surface area contributed by atoms with E-state index < -0.39 is 11.8 Å². The molecule has 0 aliphatic heterocycles. The molecule has 2 aromatic carbocycles. The third kappa shape index (κ3) is 4.44. The average Bonchev–Trinajstić information content (AvgIpc) is 2.75. The molecule has 1 aliphatic rings. The Labute approximate surface area is 175 Å². The molecule has 0 saturated carbocycles. The minimum Gasteiger partial charge on any atom is -0.496 e. The second-order valence-corrected chi connectivity index (χ2v) is 6.99. The van der Waals surface area contributed by atoms with Crippen molar-refractivity contribution in [3.63, 3.8) is 0 Å². The number of halogens is 1. The number of ketones is 1. The van der Waals surface area contributed by atoms with Gasteiger partial charge in [-0.3, -0.25) is 4.79 Å². The summed E-state index contributed by atoms with van der Waals surface area (Å²) in [6, 6.07) is 10.5. The van der Waals surface area contributed by atoms with Crippen molar-refractivity contribution >= 4 is 17.3 Å². The summed E-state index contributed by atoms with van der Waals surface area (Å²) in [5.41, 5.74) is 1.91. The standard InChI is InChI=1S/C25H23FO4/c1-4-6-16-7-13-20(22(15-16)29-3)23-21(27)14-10-17(5-2)24(23)30-25(28)18-8-11-19(26)12-9-18/h7-9,11-13,15,17H,5,10,14H2,1-3H3. The highest BCUT2D eigenvalue weighted by atomic mass is 19.1. The smallest absolute Gasteiger partial charge is 0.343 e. The molecule has 4 nitrogen and oxygen atoms in total. The average molecular weight is 406 g/mol. The van der Waals surface area contributed by atoms with Crippen LogP contribution in [0.3, 0.4) is 0 Å². The zero-order chi connectivity index (χ0) is 21.7. The van der Waals surface area contributed by atoms with E-state index in [1.54, 1.807) is 19.1 Å². The third-order valence-electron chi connectivity index (χ3n) is 5.13. The monoisotopic (exact) mass is 406 g/mol. The maximum absolute atomic E-state index is 13.2. The predicted molar refractivity (Wildman–Crippen MR) is 112 cm³/mol. The van der Waals surface area contributed by atoms with E-state index in [-0.39, 0.29) is 17.3 Å². The fraction of sp³-hybridized carbons (Fsp3) is 0.280. The Kier molecular flexibility index (Phi) is 6.68. The number of rotatable bonds is 5. The Balaban J connectivity index is 2.11. The third-order valence-corrected chi connectivity index (χ3v) is 5.13. The molecule has 3 rings (SSSR count). The second kappa shape index (κ2) is 9.41. The molecular weight excluding hydrogens is 383 g/mol. The largest absolute Gasteiger partial charge is 0.496 e. The SMILES string of the molecule is CC#Cc1ccc(C2=C(OC(=O)c3ccc(F)cc3)C(CC)CCC2=O)c(OC)c1. The van der Waals surface area contributed by atoms with Crippen LogP contribution in [0.2, 0.25) is 0 Å². The van der Waals surface area contributed by atoms with Gasteiger partial charge in [0.1, 0.15) is 17.3 Å². The number of esters is 1. The number of ether oxygens (including phenoxy) is 2. The highest BCUT2D eigenvalue weighted by Crippen LogP contribution is 2.40. The van der Waals surface area contributed by atoms with Gasteiger partial charge in [-0.1, -0.05) is 12.8 Å². The fourth-order valence-corrected chi connectivity index (χ4v) is 3.57. The van der Waals surface area contributed by atoms with E-state index in [4.69, 9.17) is 9.47 Å². The molecule has 0 aromatic heterocycles. The van der Waals surface area contributed by atoms with E-state index in [9.17, 15) is 14.0 Å². The lowest BCUT2D eigenvalue weighted by atomic mass is 9.82. The summed E-state index contributed by atoms with van der Waals surface area (Å²) >= 11 is 0. The summed E-state index contributed by atoms with van der Waals surface area (Å²) in [7, 11) is 1.53. The molecule has 0 fully saturated rings. The Morgan fingerprint density at radius 2 is 1.93 bits per heavy atom. The van der Waals surface area contributed by atoms with E-state index >= 15 is 0 Å². The molecule has 0 saturated heterocycles. The molecule has 0 heterocycles. The summed E-state index contributed by atoms with van der Waals surface area (Å²) in [5, 5.41) is 0. The van der Waals surface area contributed by atoms with E-state index in [1.165, 1.54) is 31.4 Å². The van der Waals surface area contributed by atoms with Crippen molar-refractivity contribution < 1.29 is 23.5 Å². The van der Waals surface area contributed by atoms with Gasteiger partial charge < -0.3 is 9.47 Å². The van der Waals surface area contributed by atoms with E-state index in [2.05, 4.69) is 11.8 Å². The van der Waals surface area contributed by atoms with Gasteiger partial charge in [-0.2, -0.15) is 0 Å². The van der Waals surface area contributed by atoms with E-state index in [0.29, 0.717) is 41.9 Å². The van der Waals surface area contributed by atoms with Gasteiger partial charge in [0.25, 0.3) is 0 Å². The molecule has 1 aliphatic carbocycles. The van der Waals surface area contributed by atoms with Crippen molar-refractivity contribution in [2.45, 2.75) is 33.1 Å². The molecule has 30 heavy (non-hydrogen) atoms. The lowest BCUT2D eigenvalue weighted by molar-refractivity contribution is -0.114. The molecule has 0 spiro atoms. The quantitative estimate of drug-likeness (QED) is 0.508. The highest BCUT2D eigenvalue weighted by Gasteiger charge is 2.33. The van der Waals surface area contributed by atoms with Crippen molar-refractivity contribution in [1.29, 1.82) is 0 Å². The van der Waals surface area contributed by atoms with Gasteiger partial charge in [0.05, 0.1) is 18.2 Å². The first-order valence-corrected chi connectivity index (χ1v) is 9.84. The summed E-state index contributed by atoms with van der Waals surface area (Å²) < 4.78 is 24.5. The molecule has 1 unspecified atom stereocenters. The van der Waals surface area contributed by atoms with Gasteiger partial charge in [-0.15, -0.1) is 5.92 Å². The summed E-state index contributed by atoms with van der Waals surface area (Å²) in [6.45, 7) is 3.73.